The van der Waals surface area contributed by atoms with Crippen molar-refractivity contribution in [3.05, 3.63) is 22.7 Å². The Morgan fingerprint density at radius 1 is 1.42 bits per heavy atom. The monoisotopic (exact) mass is 283 g/mol. The van der Waals surface area contributed by atoms with Crippen LogP contribution in [-0.2, 0) is 0 Å². The fourth-order valence-corrected chi connectivity index (χ4v) is 2.57. The standard InChI is InChI=1S/C13H14ClNO4/c14-10-3-8(4-11-12(10)19-6-18-11)13(17)15-5-7-1-9(16)2-7/h3-4,7,9,16H,1-2,5-6H2,(H,15,17). The third kappa shape index (κ3) is 2.48. The third-order valence-corrected chi connectivity index (χ3v) is 3.73. The van der Waals surface area contributed by atoms with Crippen molar-refractivity contribution < 1.29 is 19.4 Å². The lowest BCUT2D eigenvalue weighted by atomic mass is 9.82. The number of ether oxygens (including phenoxy) is 2. The molecule has 1 aromatic rings. The van der Waals surface area contributed by atoms with E-state index in [-0.39, 0.29) is 18.8 Å². The van der Waals surface area contributed by atoms with Gasteiger partial charge in [-0.1, -0.05) is 11.6 Å². The number of fused-ring (bicyclic) bond motifs is 1. The molecule has 1 aliphatic carbocycles. The van der Waals surface area contributed by atoms with Gasteiger partial charge in [-0.3, -0.25) is 4.79 Å². The van der Waals surface area contributed by atoms with E-state index in [1.807, 2.05) is 0 Å². The lowest BCUT2D eigenvalue weighted by molar-refractivity contribution is 0.0420. The van der Waals surface area contributed by atoms with Gasteiger partial charge in [-0.2, -0.15) is 0 Å². The van der Waals surface area contributed by atoms with Crippen molar-refractivity contribution >= 4 is 17.5 Å². The Morgan fingerprint density at radius 2 is 2.21 bits per heavy atom. The molecule has 0 saturated heterocycles. The number of amides is 1. The fraction of sp³-hybridized carbons (Fsp3) is 0.462. The van der Waals surface area contributed by atoms with Gasteiger partial charge >= 0.3 is 0 Å². The first-order valence-corrected chi connectivity index (χ1v) is 6.56. The van der Waals surface area contributed by atoms with Crippen molar-refractivity contribution in [1.82, 2.24) is 5.32 Å². The molecule has 2 aliphatic rings. The highest BCUT2D eigenvalue weighted by atomic mass is 35.5. The maximum atomic E-state index is 12.0. The zero-order chi connectivity index (χ0) is 13.4. The summed E-state index contributed by atoms with van der Waals surface area (Å²) in [6, 6.07) is 3.19. The van der Waals surface area contributed by atoms with Gasteiger partial charge in [0.15, 0.2) is 11.5 Å². The number of nitrogens with one attached hydrogen (secondary N) is 1. The molecule has 19 heavy (non-hydrogen) atoms. The number of halogens is 1. The Bertz CT molecular complexity index is 514. The van der Waals surface area contributed by atoms with E-state index in [4.69, 9.17) is 21.1 Å². The van der Waals surface area contributed by atoms with Crippen molar-refractivity contribution in [1.29, 1.82) is 0 Å². The minimum Gasteiger partial charge on any atom is -0.454 e. The molecule has 0 atom stereocenters. The number of hydrogen-bond donors (Lipinski definition) is 2. The minimum atomic E-state index is -0.207. The van der Waals surface area contributed by atoms with Crippen molar-refractivity contribution in [3.63, 3.8) is 0 Å². The van der Waals surface area contributed by atoms with Crippen LogP contribution in [-0.4, -0.2) is 30.5 Å². The van der Waals surface area contributed by atoms with E-state index in [0.717, 1.165) is 12.8 Å². The largest absolute Gasteiger partial charge is 0.454 e. The van der Waals surface area contributed by atoms with Crippen LogP contribution >= 0.6 is 11.6 Å². The highest BCUT2D eigenvalue weighted by molar-refractivity contribution is 6.32. The lowest BCUT2D eigenvalue weighted by Gasteiger charge is -2.31. The van der Waals surface area contributed by atoms with Gasteiger partial charge in [-0.15, -0.1) is 0 Å². The Morgan fingerprint density at radius 3 is 2.95 bits per heavy atom. The predicted octanol–water partition coefficient (Wildman–Crippen LogP) is 1.57. The van der Waals surface area contributed by atoms with Gasteiger partial charge in [-0.05, 0) is 30.9 Å². The van der Waals surface area contributed by atoms with Gasteiger partial charge in [0.05, 0.1) is 11.1 Å². The SMILES string of the molecule is O=C(NCC1CC(O)C1)c1cc(Cl)c2c(c1)OCO2. The summed E-state index contributed by atoms with van der Waals surface area (Å²) in [5.41, 5.74) is 0.453. The summed E-state index contributed by atoms with van der Waals surface area (Å²) < 4.78 is 10.4. The van der Waals surface area contributed by atoms with E-state index in [1.165, 1.54) is 0 Å². The molecule has 0 aromatic heterocycles. The van der Waals surface area contributed by atoms with Crippen LogP contribution in [0.5, 0.6) is 11.5 Å². The molecule has 0 radical (unpaired) electrons. The van der Waals surface area contributed by atoms with Gasteiger partial charge < -0.3 is 19.9 Å². The van der Waals surface area contributed by atoms with E-state index in [2.05, 4.69) is 5.32 Å². The molecule has 2 N–H and O–H groups in total. The summed E-state index contributed by atoms with van der Waals surface area (Å²) in [4.78, 5) is 12.0. The number of carbonyl (C=O) groups is 1. The summed E-state index contributed by atoms with van der Waals surface area (Å²) in [5, 5.41) is 12.4. The van der Waals surface area contributed by atoms with Gasteiger partial charge in [0.1, 0.15) is 0 Å². The number of hydrogen-bond acceptors (Lipinski definition) is 4. The number of benzene rings is 1. The second-order valence-electron chi connectivity index (χ2n) is 4.89. The van der Waals surface area contributed by atoms with Crippen LogP contribution in [0.25, 0.3) is 0 Å². The molecule has 3 rings (SSSR count). The molecule has 1 aromatic carbocycles. The third-order valence-electron chi connectivity index (χ3n) is 3.45. The smallest absolute Gasteiger partial charge is 0.251 e. The molecule has 0 unspecified atom stereocenters. The normalized spacial score (nSPS) is 23.9. The first-order valence-electron chi connectivity index (χ1n) is 6.19. The topological polar surface area (TPSA) is 67.8 Å². The maximum Gasteiger partial charge on any atom is 0.251 e. The van der Waals surface area contributed by atoms with Crippen LogP contribution in [0.4, 0.5) is 0 Å². The van der Waals surface area contributed by atoms with Gasteiger partial charge in [-0.25, -0.2) is 0 Å². The molecule has 1 fully saturated rings. The molecule has 1 heterocycles. The summed E-state index contributed by atoms with van der Waals surface area (Å²) in [6.07, 6.45) is 1.30. The molecule has 6 heteroatoms. The summed E-state index contributed by atoms with van der Waals surface area (Å²) in [7, 11) is 0. The Labute approximate surface area is 115 Å². The highest BCUT2D eigenvalue weighted by Gasteiger charge is 2.27. The second kappa shape index (κ2) is 4.90. The summed E-state index contributed by atoms with van der Waals surface area (Å²) in [5.74, 6) is 1.15. The van der Waals surface area contributed by atoms with Crippen LogP contribution in [0.1, 0.15) is 23.2 Å². The fourth-order valence-electron chi connectivity index (χ4n) is 2.30. The van der Waals surface area contributed by atoms with Crippen LogP contribution in [0.3, 0.4) is 0 Å². The van der Waals surface area contributed by atoms with Crippen molar-refractivity contribution in [2.75, 3.05) is 13.3 Å². The van der Waals surface area contributed by atoms with Gasteiger partial charge in [0.2, 0.25) is 6.79 Å². The first-order chi connectivity index (χ1) is 9.13. The molecule has 1 aliphatic heterocycles. The zero-order valence-electron chi connectivity index (χ0n) is 10.2. The summed E-state index contributed by atoms with van der Waals surface area (Å²) >= 11 is 6.02. The predicted molar refractivity (Wildman–Crippen MR) is 68.6 cm³/mol. The van der Waals surface area contributed by atoms with Crippen molar-refractivity contribution in [2.24, 2.45) is 5.92 Å². The van der Waals surface area contributed by atoms with E-state index >= 15 is 0 Å². The molecular weight excluding hydrogens is 270 g/mol. The zero-order valence-corrected chi connectivity index (χ0v) is 10.9. The van der Waals surface area contributed by atoms with Crippen LogP contribution in [0, 0.1) is 5.92 Å². The molecular formula is C13H14ClNO4. The minimum absolute atomic E-state index is 0.125. The quantitative estimate of drug-likeness (QED) is 0.884. The average Bonchev–Trinajstić information content (AvgIpc) is 2.81. The van der Waals surface area contributed by atoms with Crippen molar-refractivity contribution in [2.45, 2.75) is 18.9 Å². The second-order valence-corrected chi connectivity index (χ2v) is 5.30. The molecule has 102 valence electrons. The number of aliphatic hydroxyl groups is 1. The average molecular weight is 284 g/mol. The van der Waals surface area contributed by atoms with E-state index < -0.39 is 0 Å². The molecule has 5 nitrogen and oxygen atoms in total. The Hall–Kier alpha value is -1.46. The van der Waals surface area contributed by atoms with Crippen molar-refractivity contribution in [3.8, 4) is 11.5 Å². The van der Waals surface area contributed by atoms with Crippen LogP contribution in [0.2, 0.25) is 5.02 Å². The number of carbonyl (C=O) groups excluding carboxylic acids is 1. The lowest BCUT2D eigenvalue weighted by Crippen LogP contribution is -2.38. The van der Waals surface area contributed by atoms with E-state index in [9.17, 15) is 9.90 Å². The van der Waals surface area contributed by atoms with Crippen LogP contribution in [0.15, 0.2) is 12.1 Å². The highest BCUT2D eigenvalue weighted by Crippen LogP contribution is 2.39. The first kappa shape index (κ1) is 12.6. The maximum absolute atomic E-state index is 12.0. The molecule has 0 spiro atoms. The molecule has 1 amide bonds. The summed E-state index contributed by atoms with van der Waals surface area (Å²) in [6.45, 7) is 0.696. The Balaban J connectivity index is 1.65. The van der Waals surface area contributed by atoms with E-state index in [0.29, 0.717) is 34.5 Å². The van der Waals surface area contributed by atoms with E-state index in [1.54, 1.807) is 12.1 Å². The Kier molecular flexibility index (Phi) is 3.24. The number of rotatable bonds is 3. The van der Waals surface area contributed by atoms with Gasteiger partial charge in [0, 0.05) is 12.1 Å². The molecule has 0 bridgehead atoms. The number of aliphatic hydroxyl groups excluding tert-OH is 1. The van der Waals surface area contributed by atoms with Gasteiger partial charge in [0.25, 0.3) is 5.91 Å². The molecule has 1 saturated carbocycles. The van der Waals surface area contributed by atoms with Crippen LogP contribution < -0.4 is 14.8 Å².